The van der Waals surface area contributed by atoms with Gasteiger partial charge in [0.05, 0.1) is 16.9 Å². The quantitative estimate of drug-likeness (QED) is 0.656. The molecule has 0 spiro atoms. The number of hydrogen-bond donors (Lipinski definition) is 1. The Morgan fingerprint density at radius 1 is 1.32 bits per heavy atom. The Hall–Kier alpha value is -2.08. The molecule has 1 N–H and O–H groups in total. The van der Waals surface area contributed by atoms with Crippen LogP contribution in [0.15, 0.2) is 23.0 Å². The average Bonchev–Trinajstić information content (AvgIpc) is 2.64. The second kappa shape index (κ2) is 9.92. The monoisotopic (exact) mass is 406 g/mol. The van der Waals surface area contributed by atoms with Gasteiger partial charge in [-0.05, 0) is 43.9 Å². The first-order valence-electron chi connectivity index (χ1n) is 9.96. The van der Waals surface area contributed by atoms with E-state index < -0.39 is 0 Å². The maximum atomic E-state index is 12.8. The van der Waals surface area contributed by atoms with Gasteiger partial charge in [0, 0.05) is 25.2 Å². The van der Waals surface area contributed by atoms with E-state index in [1.54, 1.807) is 30.1 Å². The van der Waals surface area contributed by atoms with Crippen molar-refractivity contribution in [3.05, 3.63) is 39.4 Å². The van der Waals surface area contributed by atoms with Crippen LogP contribution in [0, 0.1) is 5.92 Å². The molecule has 0 fully saturated rings. The molecule has 154 valence electrons. The summed E-state index contributed by atoms with van der Waals surface area (Å²) in [6.45, 7) is 9.50. The van der Waals surface area contributed by atoms with E-state index in [9.17, 15) is 9.59 Å². The summed E-state index contributed by atoms with van der Waals surface area (Å²) in [6.07, 6.45) is 2.82. The normalized spacial score (nSPS) is 12.4. The van der Waals surface area contributed by atoms with Gasteiger partial charge in [0.25, 0.3) is 5.56 Å². The van der Waals surface area contributed by atoms with Crippen LogP contribution in [0.4, 0.5) is 4.79 Å². The molecule has 0 radical (unpaired) electrons. The third kappa shape index (κ3) is 5.25. The SMILES string of the molecule is CCCCNC(=O)N(CCC(C)C)C(C)c1nc2cc(Cl)ccc2c(=O)n1C. The zero-order chi connectivity index (χ0) is 20.8. The molecule has 1 unspecified atom stereocenters. The molecule has 1 aromatic carbocycles. The van der Waals surface area contributed by atoms with Gasteiger partial charge in [-0.2, -0.15) is 0 Å². The number of urea groups is 1. The van der Waals surface area contributed by atoms with Crippen molar-refractivity contribution in [1.82, 2.24) is 19.8 Å². The summed E-state index contributed by atoms with van der Waals surface area (Å²) >= 11 is 6.09. The van der Waals surface area contributed by atoms with Crippen LogP contribution in [0.2, 0.25) is 5.02 Å². The van der Waals surface area contributed by atoms with Crippen LogP contribution >= 0.6 is 11.6 Å². The van der Waals surface area contributed by atoms with E-state index in [1.807, 2.05) is 6.92 Å². The number of nitrogens with zero attached hydrogens (tertiary/aromatic N) is 3. The smallest absolute Gasteiger partial charge is 0.318 e. The first-order chi connectivity index (χ1) is 13.3. The lowest BCUT2D eigenvalue weighted by molar-refractivity contribution is 0.171. The minimum absolute atomic E-state index is 0.123. The van der Waals surface area contributed by atoms with E-state index in [0.717, 1.165) is 19.3 Å². The Morgan fingerprint density at radius 3 is 2.68 bits per heavy atom. The lowest BCUT2D eigenvalue weighted by Gasteiger charge is -2.30. The van der Waals surface area contributed by atoms with Crippen molar-refractivity contribution in [2.24, 2.45) is 13.0 Å². The number of benzene rings is 1. The highest BCUT2D eigenvalue weighted by Gasteiger charge is 2.25. The van der Waals surface area contributed by atoms with Crippen LogP contribution in [-0.2, 0) is 7.05 Å². The molecule has 0 aliphatic carbocycles. The van der Waals surface area contributed by atoms with Crippen LogP contribution in [-0.4, -0.2) is 33.6 Å². The van der Waals surface area contributed by atoms with Crippen LogP contribution < -0.4 is 10.9 Å². The number of amides is 2. The van der Waals surface area contributed by atoms with Crippen molar-refractivity contribution >= 4 is 28.5 Å². The number of carbonyl (C=O) groups is 1. The Balaban J connectivity index is 2.41. The van der Waals surface area contributed by atoms with E-state index in [0.29, 0.717) is 40.8 Å². The Labute approximate surface area is 171 Å². The number of hydrogen-bond acceptors (Lipinski definition) is 3. The highest BCUT2D eigenvalue weighted by molar-refractivity contribution is 6.31. The number of nitrogens with one attached hydrogen (secondary N) is 1. The van der Waals surface area contributed by atoms with Gasteiger partial charge in [0.15, 0.2) is 0 Å². The fourth-order valence-corrected chi connectivity index (χ4v) is 3.28. The molecule has 0 bridgehead atoms. The van der Waals surface area contributed by atoms with E-state index in [1.165, 1.54) is 4.57 Å². The zero-order valence-corrected chi connectivity index (χ0v) is 18.2. The summed E-state index contributed by atoms with van der Waals surface area (Å²) in [6, 6.07) is 4.60. The molecule has 6 nitrogen and oxygen atoms in total. The van der Waals surface area contributed by atoms with Gasteiger partial charge in [0.1, 0.15) is 5.82 Å². The Kier molecular flexibility index (Phi) is 7.87. The molecule has 0 saturated heterocycles. The molecule has 7 heteroatoms. The van der Waals surface area contributed by atoms with Gasteiger partial charge in [-0.15, -0.1) is 0 Å². The standard InChI is InChI=1S/C21H31ClN4O2/c1-6-7-11-23-21(28)26(12-10-14(2)3)15(4)19-24-18-13-16(22)8-9-17(18)20(27)25(19)5/h8-9,13-15H,6-7,10-12H2,1-5H3,(H,23,28). The molecule has 0 aliphatic rings. The lowest BCUT2D eigenvalue weighted by atomic mass is 10.1. The zero-order valence-electron chi connectivity index (χ0n) is 17.5. The molecular weight excluding hydrogens is 376 g/mol. The molecule has 1 atom stereocenters. The molecule has 0 aliphatic heterocycles. The van der Waals surface area contributed by atoms with E-state index in [2.05, 4.69) is 31.1 Å². The summed E-state index contributed by atoms with van der Waals surface area (Å²) < 4.78 is 1.53. The van der Waals surface area contributed by atoms with Gasteiger partial charge in [0.2, 0.25) is 0 Å². The topological polar surface area (TPSA) is 67.2 Å². The van der Waals surface area contributed by atoms with Gasteiger partial charge < -0.3 is 10.2 Å². The molecule has 1 aromatic heterocycles. The third-order valence-corrected chi connectivity index (χ3v) is 5.16. The molecular formula is C21H31ClN4O2. The van der Waals surface area contributed by atoms with Gasteiger partial charge in [-0.3, -0.25) is 9.36 Å². The van der Waals surface area contributed by atoms with Crippen molar-refractivity contribution in [1.29, 1.82) is 0 Å². The second-order valence-corrected chi connectivity index (χ2v) is 8.07. The van der Waals surface area contributed by atoms with E-state index >= 15 is 0 Å². The van der Waals surface area contributed by atoms with Crippen molar-refractivity contribution < 1.29 is 4.79 Å². The maximum absolute atomic E-state index is 12.8. The largest absolute Gasteiger partial charge is 0.338 e. The molecule has 0 saturated carbocycles. The number of rotatable bonds is 8. The second-order valence-electron chi connectivity index (χ2n) is 7.63. The summed E-state index contributed by atoms with van der Waals surface area (Å²) in [7, 11) is 1.70. The number of halogens is 1. The van der Waals surface area contributed by atoms with E-state index in [4.69, 9.17) is 11.6 Å². The Bertz CT molecular complexity index is 879. The minimum atomic E-state index is -0.346. The maximum Gasteiger partial charge on any atom is 0.318 e. The van der Waals surface area contributed by atoms with Crippen LogP contribution in [0.25, 0.3) is 10.9 Å². The van der Waals surface area contributed by atoms with Crippen molar-refractivity contribution in [2.75, 3.05) is 13.1 Å². The number of aromatic nitrogens is 2. The molecule has 1 heterocycles. The Morgan fingerprint density at radius 2 is 2.04 bits per heavy atom. The van der Waals surface area contributed by atoms with Gasteiger partial charge in [-0.25, -0.2) is 9.78 Å². The minimum Gasteiger partial charge on any atom is -0.338 e. The highest BCUT2D eigenvalue weighted by Crippen LogP contribution is 2.22. The molecule has 2 aromatic rings. The summed E-state index contributed by atoms with van der Waals surface area (Å²) in [5.41, 5.74) is 0.409. The molecule has 2 amide bonds. The fraction of sp³-hybridized carbons (Fsp3) is 0.571. The van der Waals surface area contributed by atoms with Gasteiger partial charge in [-0.1, -0.05) is 38.8 Å². The number of unbranched alkanes of at least 4 members (excludes halogenated alkanes) is 1. The lowest BCUT2D eigenvalue weighted by Crippen LogP contribution is -2.44. The first kappa shape index (κ1) is 22.2. The van der Waals surface area contributed by atoms with Crippen molar-refractivity contribution in [3.63, 3.8) is 0 Å². The van der Waals surface area contributed by atoms with Gasteiger partial charge >= 0.3 is 6.03 Å². The molecule has 28 heavy (non-hydrogen) atoms. The van der Waals surface area contributed by atoms with Crippen LogP contribution in [0.3, 0.4) is 0 Å². The summed E-state index contributed by atoms with van der Waals surface area (Å²) in [5, 5.41) is 4.04. The van der Waals surface area contributed by atoms with E-state index in [-0.39, 0.29) is 17.6 Å². The first-order valence-corrected chi connectivity index (χ1v) is 10.3. The fourth-order valence-electron chi connectivity index (χ4n) is 3.12. The summed E-state index contributed by atoms with van der Waals surface area (Å²) in [4.78, 5) is 32.1. The summed E-state index contributed by atoms with van der Waals surface area (Å²) in [5.74, 6) is 1.01. The molecule has 2 rings (SSSR count). The predicted molar refractivity (Wildman–Crippen MR) is 115 cm³/mol. The average molecular weight is 407 g/mol. The highest BCUT2D eigenvalue weighted by atomic mass is 35.5. The number of carbonyl (C=O) groups excluding carboxylic acids is 1. The third-order valence-electron chi connectivity index (χ3n) is 4.93. The van der Waals surface area contributed by atoms with Crippen molar-refractivity contribution in [2.45, 2.75) is 53.0 Å². The predicted octanol–water partition coefficient (Wildman–Crippen LogP) is 4.51. The van der Waals surface area contributed by atoms with Crippen LogP contribution in [0.1, 0.15) is 58.8 Å². The van der Waals surface area contributed by atoms with Crippen LogP contribution in [0.5, 0.6) is 0 Å². The number of fused-ring (bicyclic) bond motifs is 1. The van der Waals surface area contributed by atoms with Crippen molar-refractivity contribution in [3.8, 4) is 0 Å².